The zero-order valence-corrected chi connectivity index (χ0v) is 11.0. The van der Waals surface area contributed by atoms with Gasteiger partial charge in [0.15, 0.2) is 0 Å². The molecular formula is C13H28N2. The molecule has 2 heteroatoms. The van der Waals surface area contributed by atoms with Crippen LogP contribution >= 0.6 is 0 Å². The molecule has 1 aliphatic carbocycles. The molecule has 1 aliphatic rings. The van der Waals surface area contributed by atoms with Crippen LogP contribution in [0.5, 0.6) is 0 Å². The minimum absolute atomic E-state index is 0.283. The van der Waals surface area contributed by atoms with Gasteiger partial charge < -0.3 is 10.2 Å². The average molecular weight is 212 g/mol. The predicted molar refractivity (Wildman–Crippen MR) is 67.3 cm³/mol. The fourth-order valence-electron chi connectivity index (χ4n) is 1.82. The summed E-state index contributed by atoms with van der Waals surface area (Å²) in [5.74, 6) is 0. The maximum Gasteiger partial charge on any atom is 0.00965 e. The van der Waals surface area contributed by atoms with E-state index < -0.39 is 0 Å². The van der Waals surface area contributed by atoms with Gasteiger partial charge in [0.05, 0.1) is 0 Å². The van der Waals surface area contributed by atoms with Gasteiger partial charge in [-0.05, 0) is 66.6 Å². The molecule has 0 aromatic carbocycles. The fraction of sp³-hybridized carbons (Fsp3) is 1.00. The van der Waals surface area contributed by atoms with E-state index in [0.29, 0.717) is 0 Å². The molecule has 1 saturated carbocycles. The van der Waals surface area contributed by atoms with Crippen LogP contribution in [0.4, 0.5) is 0 Å². The van der Waals surface area contributed by atoms with Gasteiger partial charge in [-0.25, -0.2) is 0 Å². The smallest absolute Gasteiger partial charge is 0.00965 e. The molecule has 0 aromatic heterocycles. The van der Waals surface area contributed by atoms with Gasteiger partial charge in [0, 0.05) is 11.6 Å². The lowest BCUT2D eigenvalue weighted by Gasteiger charge is -2.20. The van der Waals surface area contributed by atoms with Crippen molar-refractivity contribution in [2.75, 3.05) is 20.1 Å². The van der Waals surface area contributed by atoms with E-state index in [1.807, 2.05) is 0 Å². The Morgan fingerprint density at radius 3 is 2.33 bits per heavy atom. The standard InChI is InChI=1S/C13H28N2/c1-13(2,3)14-10-6-5-7-11-15(4)12-8-9-12/h12,14H,5-11H2,1-4H3. The molecule has 0 unspecified atom stereocenters. The Morgan fingerprint density at radius 1 is 1.13 bits per heavy atom. The minimum Gasteiger partial charge on any atom is -0.312 e. The number of rotatable bonds is 7. The molecule has 0 aromatic rings. The number of unbranched alkanes of at least 4 members (excludes halogenated alkanes) is 2. The molecule has 0 bridgehead atoms. The molecule has 1 rings (SSSR count). The second-order valence-corrected chi connectivity index (χ2v) is 5.95. The van der Waals surface area contributed by atoms with E-state index in [4.69, 9.17) is 0 Å². The summed E-state index contributed by atoms with van der Waals surface area (Å²) in [5, 5.41) is 3.53. The van der Waals surface area contributed by atoms with Crippen LogP contribution in [0.15, 0.2) is 0 Å². The van der Waals surface area contributed by atoms with Gasteiger partial charge >= 0.3 is 0 Å². The summed E-state index contributed by atoms with van der Waals surface area (Å²) in [4.78, 5) is 2.52. The van der Waals surface area contributed by atoms with Crippen LogP contribution in [0, 0.1) is 0 Å². The first-order valence-electron chi connectivity index (χ1n) is 6.44. The minimum atomic E-state index is 0.283. The number of nitrogens with zero attached hydrogens (tertiary/aromatic N) is 1. The van der Waals surface area contributed by atoms with Crippen LogP contribution in [-0.2, 0) is 0 Å². The number of nitrogens with one attached hydrogen (secondary N) is 1. The zero-order chi connectivity index (χ0) is 11.3. The van der Waals surface area contributed by atoms with Gasteiger partial charge in [-0.2, -0.15) is 0 Å². The quantitative estimate of drug-likeness (QED) is 0.653. The molecule has 0 radical (unpaired) electrons. The lowest BCUT2D eigenvalue weighted by Crippen LogP contribution is -2.36. The first-order valence-corrected chi connectivity index (χ1v) is 6.44. The van der Waals surface area contributed by atoms with E-state index in [2.05, 4.69) is 38.0 Å². The lowest BCUT2D eigenvalue weighted by atomic mass is 10.1. The largest absolute Gasteiger partial charge is 0.312 e. The van der Waals surface area contributed by atoms with E-state index in [1.165, 1.54) is 38.6 Å². The van der Waals surface area contributed by atoms with Gasteiger partial charge in [-0.15, -0.1) is 0 Å². The molecule has 2 nitrogen and oxygen atoms in total. The summed E-state index contributed by atoms with van der Waals surface area (Å²) in [7, 11) is 2.27. The molecule has 0 spiro atoms. The Hall–Kier alpha value is -0.0800. The molecule has 0 aliphatic heterocycles. The van der Waals surface area contributed by atoms with E-state index in [0.717, 1.165) is 12.6 Å². The van der Waals surface area contributed by atoms with Crippen LogP contribution in [0.25, 0.3) is 0 Å². The monoisotopic (exact) mass is 212 g/mol. The van der Waals surface area contributed by atoms with Crippen molar-refractivity contribution < 1.29 is 0 Å². The summed E-state index contributed by atoms with van der Waals surface area (Å²) < 4.78 is 0. The third-order valence-corrected chi connectivity index (χ3v) is 3.01. The van der Waals surface area contributed by atoms with Crippen LogP contribution in [-0.4, -0.2) is 36.6 Å². The highest BCUT2D eigenvalue weighted by molar-refractivity contribution is 4.82. The van der Waals surface area contributed by atoms with Crippen molar-refractivity contribution in [2.45, 2.75) is 64.5 Å². The summed E-state index contributed by atoms with van der Waals surface area (Å²) in [6, 6.07) is 0.928. The van der Waals surface area contributed by atoms with E-state index in [1.54, 1.807) is 0 Å². The highest BCUT2D eigenvalue weighted by Gasteiger charge is 2.25. The Kier molecular flexibility index (Phi) is 5.07. The van der Waals surface area contributed by atoms with Gasteiger partial charge in [0.1, 0.15) is 0 Å². The maximum absolute atomic E-state index is 3.53. The number of hydrogen-bond donors (Lipinski definition) is 1. The molecule has 0 saturated heterocycles. The van der Waals surface area contributed by atoms with Crippen molar-refractivity contribution in [2.24, 2.45) is 0 Å². The summed E-state index contributed by atoms with van der Waals surface area (Å²) in [6.07, 6.45) is 6.90. The van der Waals surface area contributed by atoms with Crippen molar-refractivity contribution in [1.29, 1.82) is 0 Å². The molecule has 1 N–H and O–H groups in total. The molecule has 15 heavy (non-hydrogen) atoms. The number of hydrogen-bond acceptors (Lipinski definition) is 2. The molecular weight excluding hydrogens is 184 g/mol. The van der Waals surface area contributed by atoms with Gasteiger partial charge in [0.25, 0.3) is 0 Å². The summed E-state index contributed by atoms with van der Waals surface area (Å²) >= 11 is 0. The second-order valence-electron chi connectivity index (χ2n) is 5.95. The Morgan fingerprint density at radius 2 is 1.80 bits per heavy atom. The Bertz CT molecular complexity index is 168. The maximum atomic E-state index is 3.53. The van der Waals surface area contributed by atoms with Crippen LogP contribution < -0.4 is 5.32 Å². The first kappa shape index (κ1) is 13.0. The van der Waals surface area contributed by atoms with Crippen molar-refractivity contribution in [3.63, 3.8) is 0 Å². The Balaban J connectivity index is 1.84. The third kappa shape index (κ3) is 6.91. The highest BCUT2D eigenvalue weighted by atomic mass is 15.1. The second kappa shape index (κ2) is 5.86. The molecule has 90 valence electrons. The average Bonchev–Trinajstić information content (AvgIpc) is 2.91. The summed E-state index contributed by atoms with van der Waals surface area (Å²) in [5.41, 5.74) is 0.283. The van der Waals surface area contributed by atoms with Crippen molar-refractivity contribution >= 4 is 0 Å². The van der Waals surface area contributed by atoms with E-state index in [-0.39, 0.29) is 5.54 Å². The first-order chi connectivity index (χ1) is 6.99. The predicted octanol–water partition coefficient (Wildman–Crippen LogP) is 2.64. The van der Waals surface area contributed by atoms with Crippen molar-refractivity contribution in [3.8, 4) is 0 Å². The van der Waals surface area contributed by atoms with Gasteiger partial charge in [-0.3, -0.25) is 0 Å². The third-order valence-electron chi connectivity index (χ3n) is 3.01. The van der Waals surface area contributed by atoms with Crippen LogP contribution in [0.2, 0.25) is 0 Å². The molecule has 0 heterocycles. The topological polar surface area (TPSA) is 15.3 Å². The molecule has 1 fully saturated rings. The lowest BCUT2D eigenvalue weighted by molar-refractivity contribution is 0.313. The normalized spacial score (nSPS) is 17.4. The van der Waals surface area contributed by atoms with E-state index in [9.17, 15) is 0 Å². The van der Waals surface area contributed by atoms with Crippen LogP contribution in [0.1, 0.15) is 52.9 Å². The highest BCUT2D eigenvalue weighted by Crippen LogP contribution is 2.25. The SMILES string of the molecule is CN(CCCCCNC(C)(C)C)C1CC1. The van der Waals surface area contributed by atoms with Crippen molar-refractivity contribution in [1.82, 2.24) is 10.2 Å². The fourth-order valence-corrected chi connectivity index (χ4v) is 1.82. The van der Waals surface area contributed by atoms with Gasteiger partial charge in [0.2, 0.25) is 0 Å². The summed E-state index contributed by atoms with van der Waals surface area (Å²) in [6.45, 7) is 9.15. The Labute approximate surface area is 95.4 Å². The van der Waals surface area contributed by atoms with Crippen molar-refractivity contribution in [3.05, 3.63) is 0 Å². The van der Waals surface area contributed by atoms with Gasteiger partial charge in [-0.1, -0.05) is 6.42 Å². The molecule has 0 amide bonds. The van der Waals surface area contributed by atoms with E-state index >= 15 is 0 Å². The molecule has 0 atom stereocenters. The zero-order valence-electron chi connectivity index (χ0n) is 11.0. The van der Waals surface area contributed by atoms with Crippen LogP contribution in [0.3, 0.4) is 0 Å².